The molecule has 17 heavy (non-hydrogen) atoms. The molecule has 0 saturated heterocycles. The first-order valence-corrected chi connectivity index (χ1v) is 7.11. The summed E-state index contributed by atoms with van der Waals surface area (Å²) in [6, 6.07) is 4.32. The van der Waals surface area contributed by atoms with Crippen LogP contribution in [-0.2, 0) is 6.42 Å². The molecule has 0 amide bonds. The Kier molecular flexibility index (Phi) is 6.91. The Hall–Kier alpha value is -0.850. The van der Waals surface area contributed by atoms with E-state index in [1.54, 1.807) is 0 Å². The summed E-state index contributed by atoms with van der Waals surface area (Å²) in [6.07, 6.45) is 11.9. The Morgan fingerprint density at radius 3 is 2.35 bits per heavy atom. The Bertz CT molecular complexity index is 279. The van der Waals surface area contributed by atoms with Crippen molar-refractivity contribution in [1.82, 2.24) is 4.98 Å². The van der Waals surface area contributed by atoms with Crippen molar-refractivity contribution in [2.75, 3.05) is 0 Å². The minimum absolute atomic E-state index is 0.830. The summed E-state index contributed by atoms with van der Waals surface area (Å²) in [6.45, 7) is 6.93. The zero-order valence-electron chi connectivity index (χ0n) is 11.7. The zero-order chi connectivity index (χ0) is 12.5. The lowest BCUT2D eigenvalue weighted by molar-refractivity contribution is 0.388. The maximum atomic E-state index is 4.09. The predicted molar refractivity (Wildman–Crippen MR) is 75.0 cm³/mol. The molecule has 0 saturated carbocycles. The fourth-order valence-electron chi connectivity index (χ4n) is 2.26. The fraction of sp³-hybridized carbons (Fsp3) is 0.688. The lowest BCUT2D eigenvalue weighted by Crippen LogP contribution is -2.06. The Morgan fingerprint density at radius 1 is 1.06 bits per heavy atom. The number of rotatable bonds is 8. The van der Waals surface area contributed by atoms with Gasteiger partial charge in [-0.3, -0.25) is 4.98 Å². The molecule has 0 aliphatic heterocycles. The molecule has 1 nitrogen and oxygen atoms in total. The molecule has 0 radical (unpaired) electrons. The van der Waals surface area contributed by atoms with Crippen LogP contribution in [0.4, 0.5) is 0 Å². The minimum atomic E-state index is 0.830. The first-order valence-electron chi connectivity index (χ1n) is 7.11. The van der Waals surface area contributed by atoms with Crippen molar-refractivity contribution in [3.63, 3.8) is 0 Å². The van der Waals surface area contributed by atoms with Crippen LogP contribution in [0.25, 0.3) is 0 Å². The van der Waals surface area contributed by atoms with E-state index in [0.29, 0.717) is 0 Å². The third-order valence-corrected chi connectivity index (χ3v) is 3.39. The van der Waals surface area contributed by atoms with Gasteiger partial charge in [-0.25, -0.2) is 0 Å². The molecule has 0 aromatic carbocycles. The first-order chi connectivity index (χ1) is 8.22. The van der Waals surface area contributed by atoms with Crippen molar-refractivity contribution in [2.24, 2.45) is 11.8 Å². The van der Waals surface area contributed by atoms with E-state index < -0.39 is 0 Å². The van der Waals surface area contributed by atoms with Gasteiger partial charge in [0, 0.05) is 12.4 Å². The predicted octanol–water partition coefficient (Wildman–Crippen LogP) is 4.87. The second kappa shape index (κ2) is 8.27. The van der Waals surface area contributed by atoms with Crippen LogP contribution >= 0.6 is 0 Å². The van der Waals surface area contributed by atoms with Gasteiger partial charge in [-0.05, 0) is 42.4 Å². The van der Waals surface area contributed by atoms with Crippen LogP contribution in [-0.4, -0.2) is 4.98 Å². The molecule has 1 unspecified atom stereocenters. The van der Waals surface area contributed by atoms with Crippen LogP contribution in [0.15, 0.2) is 24.5 Å². The minimum Gasteiger partial charge on any atom is -0.265 e. The summed E-state index contributed by atoms with van der Waals surface area (Å²) in [7, 11) is 0. The molecule has 0 N–H and O–H groups in total. The summed E-state index contributed by atoms with van der Waals surface area (Å²) >= 11 is 0. The van der Waals surface area contributed by atoms with Crippen LogP contribution in [0.3, 0.4) is 0 Å². The monoisotopic (exact) mass is 233 g/mol. The number of hydrogen-bond donors (Lipinski definition) is 0. The van der Waals surface area contributed by atoms with Gasteiger partial charge in [-0.1, -0.05) is 46.5 Å². The van der Waals surface area contributed by atoms with Crippen molar-refractivity contribution in [2.45, 2.75) is 59.3 Å². The standard InChI is InChI=1S/C16H27N/c1-4-5-6-15(8-7-14(2)3)13-16-9-11-17-12-10-16/h9-12,14-15H,4-8,13H2,1-3H3. The number of unbranched alkanes of at least 4 members (excludes halogenated alkanes) is 1. The number of hydrogen-bond acceptors (Lipinski definition) is 1. The van der Waals surface area contributed by atoms with Gasteiger partial charge in [0.15, 0.2) is 0 Å². The van der Waals surface area contributed by atoms with Gasteiger partial charge in [0.05, 0.1) is 0 Å². The number of pyridine rings is 1. The maximum Gasteiger partial charge on any atom is 0.0270 e. The van der Waals surface area contributed by atoms with E-state index in [2.05, 4.69) is 37.9 Å². The third kappa shape index (κ3) is 6.45. The van der Waals surface area contributed by atoms with E-state index in [1.165, 1.54) is 44.1 Å². The third-order valence-electron chi connectivity index (χ3n) is 3.39. The fourth-order valence-corrected chi connectivity index (χ4v) is 2.26. The van der Waals surface area contributed by atoms with Gasteiger partial charge >= 0.3 is 0 Å². The SMILES string of the molecule is CCCCC(CCC(C)C)Cc1ccncc1. The van der Waals surface area contributed by atoms with Crippen molar-refractivity contribution in [3.8, 4) is 0 Å². The van der Waals surface area contributed by atoms with Gasteiger partial charge in [0.1, 0.15) is 0 Å². The molecule has 1 aromatic rings. The van der Waals surface area contributed by atoms with Gasteiger partial charge < -0.3 is 0 Å². The van der Waals surface area contributed by atoms with Gasteiger partial charge in [0.2, 0.25) is 0 Å². The van der Waals surface area contributed by atoms with E-state index in [-0.39, 0.29) is 0 Å². The summed E-state index contributed by atoms with van der Waals surface area (Å²) in [5.41, 5.74) is 1.45. The molecule has 1 heteroatoms. The average Bonchev–Trinajstić information content (AvgIpc) is 2.34. The molecule has 0 fully saturated rings. The summed E-state index contributed by atoms with van der Waals surface area (Å²) < 4.78 is 0. The van der Waals surface area contributed by atoms with Crippen molar-refractivity contribution >= 4 is 0 Å². The lowest BCUT2D eigenvalue weighted by atomic mass is 9.88. The van der Waals surface area contributed by atoms with E-state index in [9.17, 15) is 0 Å². The molecule has 0 aliphatic carbocycles. The number of aromatic nitrogens is 1. The van der Waals surface area contributed by atoms with Crippen LogP contribution in [0.1, 0.15) is 58.4 Å². The highest BCUT2D eigenvalue weighted by Gasteiger charge is 2.10. The Morgan fingerprint density at radius 2 is 1.76 bits per heavy atom. The van der Waals surface area contributed by atoms with Gasteiger partial charge in [-0.2, -0.15) is 0 Å². The molecule has 96 valence electrons. The largest absolute Gasteiger partial charge is 0.265 e. The quantitative estimate of drug-likeness (QED) is 0.624. The lowest BCUT2D eigenvalue weighted by Gasteiger charge is -2.17. The van der Waals surface area contributed by atoms with Gasteiger partial charge in [0.25, 0.3) is 0 Å². The van der Waals surface area contributed by atoms with Crippen molar-refractivity contribution in [3.05, 3.63) is 30.1 Å². The molecular formula is C16H27N. The van der Waals surface area contributed by atoms with E-state index in [0.717, 1.165) is 11.8 Å². The smallest absolute Gasteiger partial charge is 0.0270 e. The van der Waals surface area contributed by atoms with E-state index in [4.69, 9.17) is 0 Å². The molecule has 1 atom stereocenters. The highest BCUT2D eigenvalue weighted by molar-refractivity contribution is 5.10. The molecule has 0 aliphatic rings. The van der Waals surface area contributed by atoms with Crippen molar-refractivity contribution in [1.29, 1.82) is 0 Å². The average molecular weight is 233 g/mol. The zero-order valence-corrected chi connectivity index (χ0v) is 11.7. The van der Waals surface area contributed by atoms with E-state index in [1.807, 2.05) is 12.4 Å². The molecule has 0 bridgehead atoms. The normalized spacial score (nSPS) is 12.9. The van der Waals surface area contributed by atoms with Crippen LogP contribution in [0, 0.1) is 11.8 Å². The number of nitrogens with zero attached hydrogens (tertiary/aromatic N) is 1. The highest BCUT2D eigenvalue weighted by Crippen LogP contribution is 2.22. The molecular weight excluding hydrogens is 206 g/mol. The van der Waals surface area contributed by atoms with Crippen LogP contribution < -0.4 is 0 Å². The molecule has 1 rings (SSSR count). The van der Waals surface area contributed by atoms with Gasteiger partial charge in [-0.15, -0.1) is 0 Å². The molecule has 1 heterocycles. The van der Waals surface area contributed by atoms with Crippen LogP contribution in [0.5, 0.6) is 0 Å². The second-order valence-electron chi connectivity index (χ2n) is 5.54. The molecule has 0 spiro atoms. The summed E-state index contributed by atoms with van der Waals surface area (Å²) in [5, 5.41) is 0. The molecule has 1 aromatic heterocycles. The topological polar surface area (TPSA) is 12.9 Å². The first kappa shape index (κ1) is 14.2. The maximum absolute atomic E-state index is 4.09. The summed E-state index contributed by atoms with van der Waals surface area (Å²) in [4.78, 5) is 4.09. The highest BCUT2D eigenvalue weighted by atomic mass is 14.6. The van der Waals surface area contributed by atoms with Crippen LogP contribution in [0.2, 0.25) is 0 Å². The second-order valence-corrected chi connectivity index (χ2v) is 5.54. The Labute approximate surface area is 107 Å². The summed E-state index contributed by atoms with van der Waals surface area (Å²) in [5.74, 6) is 1.69. The Balaban J connectivity index is 2.44. The van der Waals surface area contributed by atoms with Crippen molar-refractivity contribution < 1.29 is 0 Å². The van der Waals surface area contributed by atoms with E-state index >= 15 is 0 Å².